The standard InChI is InChI=1S/C9H17NO3S/c1-6(14)4-5-8(11)10(3)7(2)9(12)13/h6-7,14H,4-5H2,1-3H3,(H,12,13)/t6-,7-/m0/s1. The maximum atomic E-state index is 11.4. The van der Waals surface area contributed by atoms with Crippen molar-refractivity contribution in [3.8, 4) is 0 Å². The van der Waals surface area contributed by atoms with Gasteiger partial charge in [-0.3, -0.25) is 4.79 Å². The predicted molar refractivity (Wildman–Crippen MR) is 57.5 cm³/mol. The zero-order valence-corrected chi connectivity index (χ0v) is 9.62. The van der Waals surface area contributed by atoms with Crippen molar-refractivity contribution < 1.29 is 14.7 Å². The third-order valence-corrected chi connectivity index (χ3v) is 2.37. The molecule has 1 N–H and O–H groups in total. The first-order valence-electron chi connectivity index (χ1n) is 4.52. The van der Waals surface area contributed by atoms with E-state index in [1.165, 1.54) is 18.9 Å². The Morgan fingerprint density at radius 3 is 2.29 bits per heavy atom. The number of carbonyl (C=O) groups is 2. The highest BCUT2D eigenvalue weighted by atomic mass is 32.1. The van der Waals surface area contributed by atoms with Crippen LogP contribution in [0.25, 0.3) is 0 Å². The molecule has 2 atom stereocenters. The largest absolute Gasteiger partial charge is 0.480 e. The van der Waals surface area contributed by atoms with Gasteiger partial charge in [-0.25, -0.2) is 4.79 Å². The number of rotatable bonds is 5. The zero-order chi connectivity index (χ0) is 11.3. The number of thiol groups is 1. The Bertz CT molecular complexity index is 218. The van der Waals surface area contributed by atoms with Crippen LogP contribution in [0.2, 0.25) is 0 Å². The quantitative estimate of drug-likeness (QED) is 0.679. The summed E-state index contributed by atoms with van der Waals surface area (Å²) >= 11 is 4.15. The van der Waals surface area contributed by atoms with Gasteiger partial charge in [0, 0.05) is 13.5 Å². The second-order valence-corrected chi connectivity index (χ2v) is 4.29. The number of amides is 1. The number of aliphatic carboxylic acids is 1. The molecule has 5 heteroatoms. The normalized spacial score (nSPS) is 14.6. The first-order valence-corrected chi connectivity index (χ1v) is 5.04. The number of hydrogen-bond donors (Lipinski definition) is 2. The fourth-order valence-corrected chi connectivity index (χ4v) is 1.02. The number of nitrogens with zero attached hydrogens (tertiary/aromatic N) is 1. The van der Waals surface area contributed by atoms with Gasteiger partial charge >= 0.3 is 5.97 Å². The van der Waals surface area contributed by atoms with Crippen LogP contribution in [0, 0.1) is 0 Å². The summed E-state index contributed by atoms with van der Waals surface area (Å²) in [5.41, 5.74) is 0. The van der Waals surface area contributed by atoms with Crippen LogP contribution in [-0.2, 0) is 9.59 Å². The minimum Gasteiger partial charge on any atom is -0.480 e. The van der Waals surface area contributed by atoms with Crippen molar-refractivity contribution in [2.24, 2.45) is 0 Å². The summed E-state index contributed by atoms with van der Waals surface area (Å²) in [6.07, 6.45) is 1.01. The Kier molecular flexibility index (Phi) is 5.60. The summed E-state index contributed by atoms with van der Waals surface area (Å²) in [5, 5.41) is 8.83. The van der Waals surface area contributed by atoms with E-state index < -0.39 is 12.0 Å². The van der Waals surface area contributed by atoms with Crippen LogP contribution < -0.4 is 0 Å². The topological polar surface area (TPSA) is 57.6 Å². The molecule has 0 aromatic rings. The predicted octanol–water partition coefficient (Wildman–Crippen LogP) is 1.02. The number of carbonyl (C=O) groups excluding carboxylic acids is 1. The summed E-state index contributed by atoms with van der Waals surface area (Å²) < 4.78 is 0. The van der Waals surface area contributed by atoms with Gasteiger partial charge in [0.1, 0.15) is 6.04 Å². The van der Waals surface area contributed by atoms with Crippen LogP contribution in [0.5, 0.6) is 0 Å². The second-order valence-electron chi connectivity index (χ2n) is 3.41. The zero-order valence-electron chi connectivity index (χ0n) is 8.73. The molecule has 0 saturated carbocycles. The van der Waals surface area contributed by atoms with Gasteiger partial charge in [-0.2, -0.15) is 12.6 Å². The molecule has 0 unspecified atom stereocenters. The summed E-state index contributed by atoms with van der Waals surface area (Å²) in [5.74, 6) is -1.14. The fourth-order valence-electron chi connectivity index (χ4n) is 0.890. The van der Waals surface area contributed by atoms with E-state index in [0.29, 0.717) is 12.8 Å². The van der Waals surface area contributed by atoms with Gasteiger partial charge < -0.3 is 10.0 Å². The summed E-state index contributed by atoms with van der Waals surface area (Å²) in [6.45, 7) is 3.39. The summed E-state index contributed by atoms with van der Waals surface area (Å²) in [6, 6.07) is -0.766. The van der Waals surface area contributed by atoms with Crippen LogP contribution in [0.3, 0.4) is 0 Å². The van der Waals surface area contributed by atoms with Crippen molar-refractivity contribution in [1.82, 2.24) is 4.90 Å². The first-order chi connectivity index (χ1) is 6.36. The van der Waals surface area contributed by atoms with E-state index in [4.69, 9.17) is 5.11 Å². The highest BCUT2D eigenvalue weighted by Gasteiger charge is 2.21. The van der Waals surface area contributed by atoms with E-state index in [1.54, 1.807) is 0 Å². The minimum atomic E-state index is -0.986. The van der Waals surface area contributed by atoms with Gasteiger partial charge in [-0.05, 0) is 18.6 Å². The number of likely N-dealkylation sites (N-methyl/N-ethyl adjacent to an activating group) is 1. The minimum absolute atomic E-state index is 0.152. The van der Waals surface area contributed by atoms with Crippen molar-refractivity contribution in [2.45, 2.75) is 38.0 Å². The van der Waals surface area contributed by atoms with E-state index >= 15 is 0 Å². The van der Waals surface area contributed by atoms with Crippen LogP contribution in [-0.4, -0.2) is 40.2 Å². The van der Waals surface area contributed by atoms with E-state index in [2.05, 4.69) is 12.6 Å². The van der Waals surface area contributed by atoms with Crippen LogP contribution in [0.15, 0.2) is 0 Å². The third-order valence-electron chi connectivity index (χ3n) is 2.11. The van der Waals surface area contributed by atoms with E-state index in [-0.39, 0.29) is 11.2 Å². The molecule has 0 saturated heterocycles. The number of carboxylic acid groups (broad SMARTS) is 1. The van der Waals surface area contributed by atoms with E-state index in [0.717, 1.165) is 0 Å². The van der Waals surface area contributed by atoms with E-state index in [9.17, 15) is 9.59 Å². The molecule has 4 nitrogen and oxygen atoms in total. The van der Waals surface area contributed by atoms with Gasteiger partial charge in [0.05, 0.1) is 0 Å². The smallest absolute Gasteiger partial charge is 0.326 e. The molecule has 1 amide bonds. The van der Waals surface area contributed by atoms with Crippen molar-refractivity contribution in [1.29, 1.82) is 0 Å². The Hall–Kier alpha value is -0.710. The number of carboxylic acids is 1. The van der Waals surface area contributed by atoms with Gasteiger partial charge in [-0.1, -0.05) is 6.92 Å². The average molecular weight is 219 g/mol. The molecule has 0 aromatic carbocycles. The van der Waals surface area contributed by atoms with Gasteiger partial charge in [-0.15, -0.1) is 0 Å². The number of hydrogen-bond acceptors (Lipinski definition) is 3. The van der Waals surface area contributed by atoms with Crippen molar-refractivity contribution >= 4 is 24.5 Å². The Morgan fingerprint density at radius 2 is 1.93 bits per heavy atom. The Balaban J connectivity index is 4.05. The molecule has 0 rings (SSSR count). The van der Waals surface area contributed by atoms with Crippen molar-refractivity contribution in [3.05, 3.63) is 0 Å². The highest BCUT2D eigenvalue weighted by molar-refractivity contribution is 7.80. The van der Waals surface area contributed by atoms with Crippen molar-refractivity contribution in [2.75, 3.05) is 7.05 Å². The Morgan fingerprint density at radius 1 is 1.43 bits per heavy atom. The summed E-state index contributed by atoms with van der Waals surface area (Å²) in [7, 11) is 1.50. The maximum Gasteiger partial charge on any atom is 0.326 e. The van der Waals surface area contributed by atoms with Gasteiger partial charge in [0.2, 0.25) is 5.91 Å². The Labute approximate surface area is 89.7 Å². The summed E-state index contributed by atoms with van der Waals surface area (Å²) in [4.78, 5) is 23.2. The molecule has 0 spiro atoms. The first kappa shape index (κ1) is 13.3. The third kappa shape index (κ3) is 4.50. The molecule has 0 heterocycles. The molecule has 0 aliphatic carbocycles. The molecule has 82 valence electrons. The average Bonchev–Trinajstić information content (AvgIpc) is 2.11. The molecule has 0 fully saturated rings. The lowest BCUT2D eigenvalue weighted by Gasteiger charge is -2.21. The van der Waals surface area contributed by atoms with Gasteiger partial charge in [0.15, 0.2) is 0 Å². The lowest BCUT2D eigenvalue weighted by Crippen LogP contribution is -2.40. The van der Waals surface area contributed by atoms with Crippen LogP contribution >= 0.6 is 12.6 Å². The maximum absolute atomic E-state index is 11.4. The molecule has 0 bridgehead atoms. The SMILES string of the molecule is C[C@H](S)CCC(=O)N(C)[C@@H](C)C(=O)O. The molecule has 14 heavy (non-hydrogen) atoms. The monoisotopic (exact) mass is 219 g/mol. The highest BCUT2D eigenvalue weighted by Crippen LogP contribution is 2.07. The van der Waals surface area contributed by atoms with E-state index in [1.807, 2.05) is 6.92 Å². The van der Waals surface area contributed by atoms with Crippen LogP contribution in [0.4, 0.5) is 0 Å². The fraction of sp³-hybridized carbons (Fsp3) is 0.778. The van der Waals surface area contributed by atoms with Gasteiger partial charge in [0.25, 0.3) is 0 Å². The molecule has 0 aliphatic heterocycles. The second kappa shape index (κ2) is 5.90. The van der Waals surface area contributed by atoms with Crippen LogP contribution in [0.1, 0.15) is 26.7 Å². The van der Waals surface area contributed by atoms with Crippen molar-refractivity contribution in [3.63, 3.8) is 0 Å². The molecule has 0 aliphatic rings. The molecule has 0 aromatic heterocycles. The lowest BCUT2D eigenvalue weighted by molar-refractivity contribution is -0.148. The lowest BCUT2D eigenvalue weighted by atomic mass is 10.2. The molecular weight excluding hydrogens is 202 g/mol. The molecule has 0 radical (unpaired) electrons. The molecular formula is C9H17NO3S.